The Hall–Kier alpha value is -1.53. The molecule has 1 aromatic rings. The molecule has 0 saturated carbocycles. The maximum atomic E-state index is 10.4. The molecule has 0 aliphatic heterocycles. The zero-order valence-corrected chi connectivity index (χ0v) is 7.38. The first-order valence-electron chi connectivity index (χ1n) is 4.16. The average Bonchev–Trinajstić information content (AvgIpc) is 2.53. The molecule has 0 aliphatic rings. The molecule has 0 unspecified atom stereocenters. The Morgan fingerprint density at radius 1 is 1.54 bits per heavy atom. The summed E-state index contributed by atoms with van der Waals surface area (Å²) < 4.78 is 1.22. The second kappa shape index (κ2) is 4.48. The molecule has 0 amide bonds. The molecule has 0 aromatic carbocycles. The van der Waals surface area contributed by atoms with Gasteiger partial charge in [0.1, 0.15) is 0 Å². The van der Waals surface area contributed by atoms with E-state index < -0.39 is 4.92 Å². The van der Waals surface area contributed by atoms with Gasteiger partial charge in [-0.15, -0.1) is 4.68 Å². The van der Waals surface area contributed by atoms with Gasteiger partial charge >= 0.3 is 5.95 Å². The Labute approximate surface area is 74.9 Å². The van der Waals surface area contributed by atoms with Gasteiger partial charge in [-0.05, 0) is 11.3 Å². The van der Waals surface area contributed by atoms with E-state index in [-0.39, 0.29) is 5.95 Å². The van der Waals surface area contributed by atoms with Crippen LogP contribution in [0.25, 0.3) is 0 Å². The predicted molar refractivity (Wildman–Crippen MR) is 44.0 cm³/mol. The van der Waals surface area contributed by atoms with Crippen LogP contribution in [0.3, 0.4) is 0 Å². The zero-order chi connectivity index (χ0) is 9.68. The van der Waals surface area contributed by atoms with Gasteiger partial charge in [0.25, 0.3) is 0 Å². The molecule has 13 heavy (non-hydrogen) atoms. The molecule has 0 N–H and O–H groups in total. The largest absolute Gasteiger partial charge is 0.479 e. The summed E-state index contributed by atoms with van der Waals surface area (Å²) in [6, 6.07) is 0. The highest BCUT2D eigenvalue weighted by molar-refractivity contribution is 4.96. The Kier molecular flexibility index (Phi) is 3.30. The standard InChI is InChI=1S/C6H11N5O2/c1-2-3-4-5-10-6(11(12)13)7-8-9-10/h2-5H2,1H3. The van der Waals surface area contributed by atoms with Gasteiger partial charge in [-0.2, -0.15) is 0 Å². The van der Waals surface area contributed by atoms with Crippen LogP contribution >= 0.6 is 0 Å². The third kappa shape index (κ3) is 2.46. The fraction of sp³-hybridized carbons (Fsp3) is 0.833. The smallest absolute Gasteiger partial charge is 0.390 e. The first kappa shape index (κ1) is 9.56. The lowest BCUT2D eigenvalue weighted by molar-refractivity contribution is -0.397. The molecule has 1 rings (SSSR count). The molecule has 0 spiro atoms. The molecule has 1 heterocycles. The molecule has 1 aromatic heterocycles. The minimum atomic E-state index is -0.577. The Morgan fingerprint density at radius 3 is 2.92 bits per heavy atom. The minimum Gasteiger partial charge on any atom is -0.390 e. The topological polar surface area (TPSA) is 86.7 Å². The lowest BCUT2D eigenvalue weighted by Crippen LogP contribution is -2.05. The van der Waals surface area contributed by atoms with Crippen LogP contribution in [-0.2, 0) is 6.54 Å². The second-order valence-corrected chi connectivity index (χ2v) is 2.67. The third-order valence-corrected chi connectivity index (χ3v) is 1.65. The van der Waals surface area contributed by atoms with Crippen molar-refractivity contribution in [3.8, 4) is 0 Å². The lowest BCUT2D eigenvalue weighted by atomic mass is 10.2. The van der Waals surface area contributed by atoms with E-state index in [9.17, 15) is 10.1 Å². The highest BCUT2D eigenvalue weighted by Gasteiger charge is 2.16. The van der Waals surface area contributed by atoms with E-state index in [0.717, 1.165) is 19.3 Å². The van der Waals surface area contributed by atoms with E-state index in [1.165, 1.54) is 4.68 Å². The molecule has 72 valence electrons. The van der Waals surface area contributed by atoms with Crippen LogP contribution in [0.15, 0.2) is 0 Å². The Bertz CT molecular complexity index is 284. The predicted octanol–water partition coefficient (Wildman–Crippen LogP) is 0.771. The quantitative estimate of drug-likeness (QED) is 0.384. The van der Waals surface area contributed by atoms with Gasteiger partial charge in [0.15, 0.2) is 0 Å². The van der Waals surface area contributed by atoms with Gasteiger partial charge in [0.05, 0.1) is 16.9 Å². The first-order valence-corrected chi connectivity index (χ1v) is 4.16. The van der Waals surface area contributed by atoms with E-state index in [4.69, 9.17) is 0 Å². The maximum Gasteiger partial charge on any atom is 0.479 e. The van der Waals surface area contributed by atoms with Gasteiger partial charge in [-0.25, -0.2) is 0 Å². The molecule has 0 saturated heterocycles. The van der Waals surface area contributed by atoms with Crippen molar-refractivity contribution in [3.63, 3.8) is 0 Å². The summed E-state index contributed by atoms with van der Waals surface area (Å²) in [6.07, 6.45) is 2.95. The molecule has 7 nitrogen and oxygen atoms in total. The third-order valence-electron chi connectivity index (χ3n) is 1.65. The van der Waals surface area contributed by atoms with Crippen molar-refractivity contribution in [1.82, 2.24) is 20.2 Å². The number of hydrogen-bond acceptors (Lipinski definition) is 5. The van der Waals surface area contributed by atoms with E-state index in [1.807, 2.05) is 0 Å². The molecular weight excluding hydrogens is 174 g/mol. The number of nitro groups is 1. The van der Waals surface area contributed by atoms with Crippen molar-refractivity contribution >= 4 is 5.95 Å². The number of tetrazole rings is 1. The van der Waals surface area contributed by atoms with Crippen LogP contribution in [-0.4, -0.2) is 25.1 Å². The fourth-order valence-electron chi connectivity index (χ4n) is 0.987. The van der Waals surface area contributed by atoms with Crippen molar-refractivity contribution in [1.29, 1.82) is 0 Å². The number of hydrogen-bond donors (Lipinski definition) is 0. The van der Waals surface area contributed by atoms with Gasteiger partial charge in [0.2, 0.25) is 0 Å². The molecule has 0 radical (unpaired) electrons. The summed E-state index contributed by atoms with van der Waals surface area (Å²) in [5.41, 5.74) is 0. The molecular formula is C6H11N5O2. The van der Waals surface area contributed by atoms with Crippen molar-refractivity contribution < 1.29 is 4.92 Å². The SMILES string of the molecule is CCCCCn1nnnc1[N+](=O)[O-]. The molecule has 0 bridgehead atoms. The monoisotopic (exact) mass is 185 g/mol. The Balaban J connectivity index is 2.55. The highest BCUT2D eigenvalue weighted by Crippen LogP contribution is 2.05. The van der Waals surface area contributed by atoms with E-state index in [2.05, 4.69) is 22.4 Å². The first-order chi connectivity index (χ1) is 6.25. The number of aromatic nitrogens is 4. The minimum absolute atomic E-state index is 0.281. The van der Waals surface area contributed by atoms with Gasteiger partial charge < -0.3 is 10.1 Å². The van der Waals surface area contributed by atoms with Crippen LogP contribution in [0.5, 0.6) is 0 Å². The molecule has 0 fully saturated rings. The molecule has 0 atom stereocenters. The van der Waals surface area contributed by atoms with Gasteiger partial charge in [0, 0.05) is 5.21 Å². The van der Waals surface area contributed by atoms with Gasteiger partial charge in [-0.3, -0.25) is 0 Å². The highest BCUT2D eigenvalue weighted by atomic mass is 16.6. The lowest BCUT2D eigenvalue weighted by Gasteiger charge is -1.96. The van der Waals surface area contributed by atoms with Crippen molar-refractivity contribution in [3.05, 3.63) is 10.1 Å². The summed E-state index contributed by atoms with van der Waals surface area (Å²) in [7, 11) is 0. The van der Waals surface area contributed by atoms with Crippen molar-refractivity contribution in [2.24, 2.45) is 0 Å². The maximum absolute atomic E-state index is 10.4. The summed E-state index contributed by atoms with van der Waals surface area (Å²) in [6.45, 7) is 2.57. The van der Waals surface area contributed by atoms with Crippen LogP contribution in [0.1, 0.15) is 26.2 Å². The summed E-state index contributed by atoms with van der Waals surface area (Å²) >= 11 is 0. The van der Waals surface area contributed by atoms with E-state index >= 15 is 0 Å². The summed E-state index contributed by atoms with van der Waals surface area (Å²) in [5, 5.41) is 20.4. The average molecular weight is 185 g/mol. The Morgan fingerprint density at radius 2 is 2.31 bits per heavy atom. The normalized spacial score (nSPS) is 10.2. The van der Waals surface area contributed by atoms with E-state index in [1.54, 1.807) is 0 Å². The van der Waals surface area contributed by atoms with Gasteiger partial charge in [-0.1, -0.05) is 19.8 Å². The number of rotatable bonds is 5. The number of nitrogens with zero attached hydrogens (tertiary/aromatic N) is 5. The van der Waals surface area contributed by atoms with Crippen LogP contribution in [0.4, 0.5) is 5.95 Å². The number of unbranched alkanes of at least 4 members (excludes halogenated alkanes) is 2. The molecule has 0 aliphatic carbocycles. The second-order valence-electron chi connectivity index (χ2n) is 2.67. The fourth-order valence-corrected chi connectivity index (χ4v) is 0.987. The van der Waals surface area contributed by atoms with Crippen molar-refractivity contribution in [2.45, 2.75) is 32.7 Å². The zero-order valence-electron chi connectivity index (χ0n) is 7.38. The van der Waals surface area contributed by atoms with E-state index in [0.29, 0.717) is 6.54 Å². The number of aryl methyl sites for hydroxylation is 1. The van der Waals surface area contributed by atoms with Crippen molar-refractivity contribution in [2.75, 3.05) is 0 Å². The summed E-state index contributed by atoms with van der Waals surface area (Å²) in [4.78, 5) is 9.78. The molecule has 7 heteroatoms. The summed E-state index contributed by atoms with van der Waals surface area (Å²) in [5.74, 6) is -0.281. The van der Waals surface area contributed by atoms with Crippen LogP contribution < -0.4 is 0 Å². The van der Waals surface area contributed by atoms with Crippen LogP contribution in [0.2, 0.25) is 0 Å². The van der Waals surface area contributed by atoms with Crippen LogP contribution in [0, 0.1) is 10.1 Å².